The van der Waals surface area contributed by atoms with E-state index in [0.29, 0.717) is 40.9 Å². The van der Waals surface area contributed by atoms with E-state index in [0.717, 1.165) is 12.1 Å². The quantitative estimate of drug-likeness (QED) is 0.529. The number of nitriles is 1. The van der Waals surface area contributed by atoms with Gasteiger partial charge >= 0.3 is 5.97 Å². The zero-order chi connectivity index (χ0) is 19.4. The fourth-order valence-corrected chi connectivity index (χ4v) is 3.37. The van der Waals surface area contributed by atoms with E-state index < -0.39 is 5.97 Å². The number of esters is 1. The summed E-state index contributed by atoms with van der Waals surface area (Å²) in [5.74, 6) is 0.0737. The van der Waals surface area contributed by atoms with Gasteiger partial charge in [0.2, 0.25) is 5.91 Å². The molecule has 1 amide bonds. The van der Waals surface area contributed by atoms with Crippen LogP contribution in [-0.4, -0.2) is 25.0 Å². The summed E-state index contributed by atoms with van der Waals surface area (Å²) < 4.78 is 11.4. The van der Waals surface area contributed by atoms with Crippen LogP contribution in [0.5, 0.6) is 11.5 Å². The molecule has 1 aliphatic rings. The molecule has 0 spiro atoms. The van der Waals surface area contributed by atoms with Crippen LogP contribution < -0.4 is 14.4 Å². The number of rotatable bonds is 5. The minimum Gasteiger partial charge on any atom is -0.490 e. The van der Waals surface area contributed by atoms with Crippen LogP contribution in [0.3, 0.4) is 0 Å². The highest BCUT2D eigenvalue weighted by molar-refractivity contribution is 9.10. The van der Waals surface area contributed by atoms with Gasteiger partial charge in [-0.1, -0.05) is 0 Å². The monoisotopic (exact) mass is 428 g/mol. The molecule has 2 aromatic rings. The molecular weight excluding hydrogens is 412 g/mol. The van der Waals surface area contributed by atoms with Gasteiger partial charge in [0.25, 0.3) is 0 Å². The van der Waals surface area contributed by atoms with Crippen molar-refractivity contribution in [2.75, 3.05) is 18.1 Å². The minimum absolute atomic E-state index is 0.0909. The van der Waals surface area contributed by atoms with Gasteiger partial charge in [0, 0.05) is 24.7 Å². The number of ether oxygens (including phenoxy) is 2. The van der Waals surface area contributed by atoms with Gasteiger partial charge in [-0.05, 0) is 59.6 Å². The lowest BCUT2D eigenvalue weighted by atomic mass is 10.2. The lowest BCUT2D eigenvalue weighted by Crippen LogP contribution is -2.23. The third kappa shape index (κ3) is 4.12. The average Bonchev–Trinajstić information content (AvgIpc) is 3.10. The highest BCUT2D eigenvalue weighted by Gasteiger charge is 2.22. The van der Waals surface area contributed by atoms with Crippen molar-refractivity contribution in [3.63, 3.8) is 0 Å². The fourth-order valence-electron chi connectivity index (χ4n) is 2.84. The van der Waals surface area contributed by atoms with Crippen LogP contribution in [0.2, 0.25) is 0 Å². The van der Waals surface area contributed by atoms with Crippen molar-refractivity contribution in [2.45, 2.75) is 19.8 Å². The molecule has 7 heteroatoms. The van der Waals surface area contributed by atoms with Crippen molar-refractivity contribution in [1.29, 1.82) is 5.26 Å². The molecule has 2 aromatic carbocycles. The van der Waals surface area contributed by atoms with E-state index in [9.17, 15) is 9.59 Å². The molecule has 27 heavy (non-hydrogen) atoms. The summed E-state index contributed by atoms with van der Waals surface area (Å²) in [5, 5.41) is 9.08. The van der Waals surface area contributed by atoms with Gasteiger partial charge in [0.15, 0.2) is 11.5 Å². The summed E-state index contributed by atoms with van der Waals surface area (Å²) in [4.78, 5) is 26.1. The number of nitrogens with zero attached hydrogens (tertiary/aromatic N) is 2. The third-order valence-corrected chi connectivity index (χ3v) is 4.71. The smallest absolute Gasteiger partial charge is 0.343 e. The summed E-state index contributed by atoms with van der Waals surface area (Å²) in [6.07, 6.45) is 1.40. The zero-order valence-electron chi connectivity index (χ0n) is 14.7. The summed E-state index contributed by atoms with van der Waals surface area (Å²) in [6, 6.07) is 11.8. The van der Waals surface area contributed by atoms with Crippen LogP contribution in [0.4, 0.5) is 5.69 Å². The Balaban J connectivity index is 1.81. The minimum atomic E-state index is -0.555. The Kier molecular flexibility index (Phi) is 5.77. The summed E-state index contributed by atoms with van der Waals surface area (Å²) >= 11 is 3.32. The van der Waals surface area contributed by atoms with Gasteiger partial charge in [-0.25, -0.2) is 4.79 Å². The highest BCUT2D eigenvalue weighted by Crippen LogP contribution is 2.37. The Morgan fingerprint density at radius 1 is 1.30 bits per heavy atom. The molecule has 0 aromatic heterocycles. The van der Waals surface area contributed by atoms with Crippen molar-refractivity contribution in [2.24, 2.45) is 0 Å². The van der Waals surface area contributed by atoms with E-state index >= 15 is 0 Å². The molecule has 1 saturated heterocycles. The predicted octanol–water partition coefficient (Wildman–Crippen LogP) is 4.07. The van der Waals surface area contributed by atoms with Crippen molar-refractivity contribution in [3.8, 4) is 17.6 Å². The molecule has 0 unspecified atom stereocenters. The fraction of sp³-hybridized carbons (Fsp3) is 0.250. The molecule has 0 bridgehead atoms. The van der Waals surface area contributed by atoms with Crippen molar-refractivity contribution < 1.29 is 19.1 Å². The van der Waals surface area contributed by atoms with Gasteiger partial charge < -0.3 is 14.4 Å². The maximum atomic E-state index is 12.5. The Morgan fingerprint density at radius 3 is 2.63 bits per heavy atom. The Labute approximate surface area is 165 Å². The summed E-state index contributed by atoms with van der Waals surface area (Å²) in [5.41, 5.74) is 1.51. The van der Waals surface area contributed by atoms with E-state index in [1.54, 1.807) is 42.2 Å². The van der Waals surface area contributed by atoms with Crippen LogP contribution in [0.1, 0.15) is 35.7 Å². The standard InChI is InChI=1S/C20H17BrN2O4/c1-2-26-17-11-13(12-22)10-16(21)19(17)27-20(25)14-5-7-15(8-6-14)23-9-3-4-18(23)24/h5-8,10-11H,2-4,9H2,1H3. The molecular formula is C20H17BrN2O4. The topological polar surface area (TPSA) is 79.6 Å². The summed E-state index contributed by atoms with van der Waals surface area (Å²) in [6.45, 7) is 2.86. The first kappa shape index (κ1) is 18.9. The average molecular weight is 429 g/mol. The van der Waals surface area contributed by atoms with Crippen LogP contribution in [0.15, 0.2) is 40.9 Å². The molecule has 0 saturated carbocycles. The van der Waals surface area contributed by atoms with Crippen molar-refractivity contribution in [1.82, 2.24) is 0 Å². The number of amides is 1. The lowest BCUT2D eigenvalue weighted by Gasteiger charge is -2.16. The van der Waals surface area contributed by atoms with Crippen molar-refractivity contribution >= 4 is 33.5 Å². The number of carbonyl (C=O) groups excluding carboxylic acids is 2. The molecule has 0 aliphatic carbocycles. The van der Waals surface area contributed by atoms with E-state index in [2.05, 4.69) is 15.9 Å². The van der Waals surface area contributed by atoms with Crippen molar-refractivity contribution in [3.05, 3.63) is 52.0 Å². The largest absolute Gasteiger partial charge is 0.490 e. The molecule has 0 radical (unpaired) electrons. The Hall–Kier alpha value is -2.85. The molecule has 6 nitrogen and oxygen atoms in total. The van der Waals surface area contributed by atoms with Crippen LogP contribution in [0.25, 0.3) is 0 Å². The molecule has 0 atom stereocenters. The van der Waals surface area contributed by atoms with Crippen LogP contribution >= 0.6 is 15.9 Å². The normalized spacial score (nSPS) is 13.4. The number of benzene rings is 2. The second-order valence-corrected chi connectivity index (χ2v) is 6.77. The van der Waals surface area contributed by atoms with E-state index in [1.807, 2.05) is 6.07 Å². The summed E-state index contributed by atoms with van der Waals surface area (Å²) in [7, 11) is 0. The lowest BCUT2D eigenvalue weighted by molar-refractivity contribution is -0.117. The maximum Gasteiger partial charge on any atom is 0.343 e. The Morgan fingerprint density at radius 2 is 2.04 bits per heavy atom. The Bertz CT molecular complexity index is 919. The zero-order valence-corrected chi connectivity index (χ0v) is 16.3. The van der Waals surface area contributed by atoms with Gasteiger partial charge in [-0.3, -0.25) is 4.79 Å². The third-order valence-electron chi connectivity index (χ3n) is 4.12. The van der Waals surface area contributed by atoms with Gasteiger partial charge in [-0.15, -0.1) is 0 Å². The number of hydrogen-bond donors (Lipinski definition) is 0. The van der Waals surface area contributed by atoms with Crippen LogP contribution in [-0.2, 0) is 4.79 Å². The first-order valence-electron chi connectivity index (χ1n) is 8.52. The second kappa shape index (κ2) is 8.23. The van der Waals surface area contributed by atoms with Gasteiger partial charge in [0.1, 0.15) is 0 Å². The molecule has 3 rings (SSSR count). The highest BCUT2D eigenvalue weighted by atomic mass is 79.9. The molecule has 1 fully saturated rings. The number of halogens is 1. The molecule has 1 heterocycles. The van der Waals surface area contributed by atoms with Crippen LogP contribution in [0, 0.1) is 11.3 Å². The van der Waals surface area contributed by atoms with E-state index in [4.69, 9.17) is 14.7 Å². The maximum absolute atomic E-state index is 12.5. The predicted molar refractivity (Wildman–Crippen MR) is 103 cm³/mol. The van der Waals surface area contributed by atoms with E-state index in [1.165, 1.54) is 6.07 Å². The number of hydrogen-bond acceptors (Lipinski definition) is 5. The number of carbonyl (C=O) groups is 2. The van der Waals surface area contributed by atoms with Gasteiger partial charge in [-0.2, -0.15) is 5.26 Å². The molecule has 1 aliphatic heterocycles. The second-order valence-electron chi connectivity index (χ2n) is 5.92. The number of anilines is 1. The molecule has 0 N–H and O–H groups in total. The first-order valence-corrected chi connectivity index (χ1v) is 9.32. The first-order chi connectivity index (χ1) is 13.0. The SMILES string of the molecule is CCOc1cc(C#N)cc(Br)c1OC(=O)c1ccc(N2CCCC2=O)cc1. The van der Waals surface area contributed by atoms with Gasteiger partial charge in [0.05, 0.1) is 28.3 Å². The molecule has 138 valence electrons. The van der Waals surface area contributed by atoms with E-state index in [-0.39, 0.29) is 11.7 Å².